The van der Waals surface area contributed by atoms with Crippen molar-refractivity contribution in [3.63, 3.8) is 0 Å². The van der Waals surface area contributed by atoms with Crippen molar-refractivity contribution < 1.29 is 18.0 Å². The molecule has 1 aromatic heterocycles. The van der Waals surface area contributed by atoms with Crippen LogP contribution in [0.5, 0.6) is 0 Å². The first kappa shape index (κ1) is 22.8. The first-order chi connectivity index (χ1) is 15.1. The van der Waals surface area contributed by atoms with Crippen LogP contribution in [-0.2, 0) is 21.4 Å². The Kier molecular flexibility index (Phi) is 6.74. The number of hydrogen-bond donors (Lipinski definition) is 3. The van der Waals surface area contributed by atoms with Crippen LogP contribution in [0.1, 0.15) is 22.8 Å². The maximum Gasteiger partial charge on any atom is 0.257 e. The van der Waals surface area contributed by atoms with Gasteiger partial charge in [-0.2, -0.15) is 0 Å². The SMILES string of the molecule is CC(=O)Nc1ccc(NS(C)(=O)=O)c(C(=O)Nc2ccc(Cn3ccccc3=O)cc2)c1. The Morgan fingerprint density at radius 1 is 0.938 bits per heavy atom. The predicted molar refractivity (Wildman–Crippen MR) is 123 cm³/mol. The second kappa shape index (κ2) is 9.48. The molecule has 0 aliphatic heterocycles. The van der Waals surface area contributed by atoms with Gasteiger partial charge in [-0.3, -0.25) is 19.1 Å². The minimum absolute atomic E-state index is 0.0431. The molecule has 0 aliphatic rings. The zero-order valence-electron chi connectivity index (χ0n) is 17.5. The number of benzene rings is 2. The number of carbonyl (C=O) groups is 2. The van der Waals surface area contributed by atoms with Gasteiger partial charge in [0.15, 0.2) is 0 Å². The third-order valence-corrected chi connectivity index (χ3v) is 4.93. The molecule has 0 atom stereocenters. The van der Waals surface area contributed by atoms with E-state index in [-0.39, 0.29) is 22.7 Å². The van der Waals surface area contributed by atoms with Gasteiger partial charge in [0.1, 0.15) is 0 Å². The Labute approximate surface area is 185 Å². The van der Waals surface area contributed by atoms with Crippen LogP contribution in [0.15, 0.2) is 71.7 Å². The maximum absolute atomic E-state index is 12.9. The monoisotopic (exact) mass is 454 g/mol. The van der Waals surface area contributed by atoms with Crippen LogP contribution in [0, 0.1) is 0 Å². The molecule has 0 saturated carbocycles. The third kappa shape index (κ3) is 6.29. The predicted octanol–water partition coefficient (Wildman–Crippen LogP) is 2.48. The minimum Gasteiger partial charge on any atom is -0.326 e. The number of hydrogen-bond acceptors (Lipinski definition) is 5. The lowest BCUT2D eigenvalue weighted by Gasteiger charge is -2.14. The largest absolute Gasteiger partial charge is 0.326 e. The average Bonchev–Trinajstić information content (AvgIpc) is 2.71. The summed E-state index contributed by atoms with van der Waals surface area (Å²) in [4.78, 5) is 36.1. The maximum atomic E-state index is 12.9. The molecule has 0 unspecified atom stereocenters. The van der Waals surface area contributed by atoms with Crippen molar-refractivity contribution in [3.05, 3.63) is 88.3 Å². The molecule has 9 nitrogen and oxygen atoms in total. The first-order valence-electron chi connectivity index (χ1n) is 9.56. The molecular formula is C22H22N4O5S. The van der Waals surface area contributed by atoms with E-state index in [1.54, 1.807) is 47.2 Å². The Morgan fingerprint density at radius 3 is 2.25 bits per heavy atom. The summed E-state index contributed by atoms with van der Waals surface area (Å²) in [5.74, 6) is -0.885. The number of nitrogens with one attached hydrogen (secondary N) is 3. The van der Waals surface area contributed by atoms with Gasteiger partial charge in [-0.05, 0) is 42.0 Å². The molecular weight excluding hydrogens is 432 g/mol. The van der Waals surface area contributed by atoms with Crippen LogP contribution in [0.3, 0.4) is 0 Å². The quantitative estimate of drug-likeness (QED) is 0.506. The van der Waals surface area contributed by atoms with Crippen LogP contribution in [0.4, 0.5) is 17.1 Å². The highest BCUT2D eigenvalue weighted by atomic mass is 32.2. The van der Waals surface area contributed by atoms with E-state index in [0.717, 1.165) is 11.8 Å². The number of aromatic nitrogens is 1. The van der Waals surface area contributed by atoms with Gasteiger partial charge in [-0.25, -0.2) is 8.42 Å². The molecule has 0 bridgehead atoms. The molecule has 2 aromatic carbocycles. The summed E-state index contributed by atoms with van der Waals surface area (Å²) in [5, 5.41) is 5.28. The van der Waals surface area contributed by atoms with Crippen molar-refractivity contribution in [2.75, 3.05) is 21.6 Å². The molecule has 3 rings (SSSR count). The smallest absolute Gasteiger partial charge is 0.257 e. The lowest BCUT2D eigenvalue weighted by atomic mass is 10.1. The van der Waals surface area contributed by atoms with Crippen LogP contribution in [0.25, 0.3) is 0 Å². The highest BCUT2D eigenvalue weighted by Gasteiger charge is 2.16. The summed E-state index contributed by atoms with van der Waals surface area (Å²) in [6, 6.07) is 16.1. The minimum atomic E-state index is -3.63. The molecule has 0 radical (unpaired) electrons. The normalized spacial score (nSPS) is 10.9. The fourth-order valence-electron chi connectivity index (χ4n) is 2.98. The fourth-order valence-corrected chi connectivity index (χ4v) is 3.56. The lowest BCUT2D eigenvalue weighted by molar-refractivity contribution is -0.114. The fraction of sp³-hybridized carbons (Fsp3) is 0.136. The summed E-state index contributed by atoms with van der Waals surface area (Å²) in [6.45, 7) is 1.71. The average molecular weight is 455 g/mol. The number of pyridine rings is 1. The highest BCUT2D eigenvalue weighted by molar-refractivity contribution is 7.92. The molecule has 10 heteroatoms. The zero-order valence-corrected chi connectivity index (χ0v) is 18.3. The number of sulfonamides is 1. The summed E-state index contributed by atoms with van der Waals surface area (Å²) < 4.78 is 27.2. The second-order valence-electron chi connectivity index (χ2n) is 7.13. The first-order valence-corrected chi connectivity index (χ1v) is 11.4. The van der Waals surface area contributed by atoms with E-state index in [1.807, 2.05) is 0 Å². The van der Waals surface area contributed by atoms with E-state index in [1.165, 1.54) is 31.2 Å². The number of carbonyl (C=O) groups excluding carboxylic acids is 2. The third-order valence-electron chi connectivity index (χ3n) is 4.34. The van der Waals surface area contributed by atoms with Gasteiger partial charge in [0.25, 0.3) is 11.5 Å². The molecule has 0 fully saturated rings. The molecule has 3 aromatic rings. The number of anilines is 3. The molecule has 32 heavy (non-hydrogen) atoms. The summed E-state index contributed by atoms with van der Waals surface area (Å²) in [6.07, 6.45) is 2.67. The zero-order chi connectivity index (χ0) is 23.3. The van der Waals surface area contributed by atoms with E-state index in [2.05, 4.69) is 15.4 Å². The Balaban J connectivity index is 1.81. The van der Waals surface area contributed by atoms with Gasteiger partial charge >= 0.3 is 0 Å². The highest BCUT2D eigenvalue weighted by Crippen LogP contribution is 2.23. The van der Waals surface area contributed by atoms with Gasteiger partial charge in [-0.15, -0.1) is 0 Å². The standard InChI is InChI=1S/C22H22N4O5S/c1-15(27)23-18-10-11-20(25-32(2,30)31)19(13-18)22(29)24-17-8-6-16(7-9-17)14-26-12-4-3-5-21(26)28/h3-13,25H,14H2,1-2H3,(H,23,27)(H,24,29). The Hall–Kier alpha value is -3.92. The Morgan fingerprint density at radius 2 is 1.62 bits per heavy atom. The molecule has 0 aliphatic carbocycles. The molecule has 1 heterocycles. The molecule has 0 spiro atoms. The van der Waals surface area contributed by atoms with Gasteiger partial charge in [0.05, 0.1) is 24.1 Å². The summed E-state index contributed by atoms with van der Waals surface area (Å²) >= 11 is 0. The van der Waals surface area contributed by atoms with Crippen molar-refractivity contribution in [1.29, 1.82) is 0 Å². The molecule has 0 saturated heterocycles. The van der Waals surface area contributed by atoms with Gasteiger partial charge in [-0.1, -0.05) is 18.2 Å². The van der Waals surface area contributed by atoms with Crippen molar-refractivity contribution in [2.45, 2.75) is 13.5 Å². The van der Waals surface area contributed by atoms with E-state index >= 15 is 0 Å². The number of amides is 2. The van der Waals surface area contributed by atoms with Crippen LogP contribution in [0.2, 0.25) is 0 Å². The van der Waals surface area contributed by atoms with E-state index < -0.39 is 15.9 Å². The Bertz CT molecular complexity index is 1310. The van der Waals surface area contributed by atoms with Gasteiger partial charge < -0.3 is 15.2 Å². The van der Waals surface area contributed by atoms with Crippen molar-refractivity contribution in [1.82, 2.24) is 4.57 Å². The molecule has 166 valence electrons. The van der Waals surface area contributed by atoms with Crippen molar-refractivity contribution in [3.8, 4) is 0 Å². The van der Waals surface area contributed by atoms with E-state index in [0.29, 0.717) is 17.9 Å². The molecule has 2 amide bonds. The van der Waals surface area contributed by atoms with Gasteiger partial charge in [0.2, 0.25) is 15.9 Å². The van der Waals surface area contributed by atoms with E-state index in [9.17, 15) is 22.8 Å². The topological polar surface area (TPSA) is 126 Å². The second-order valence-corrected chi connectivity index (χ2v) is 8.88. The number of nitrogens with zero attached hydrogens (tertiary/aromatic N) is 1. The van der Waals surface area contributed by atoms with Crippen LogP contribution >= 0.6 is 0 Å². The number of rotatable bonds is 7. The van der Waals surface area contributed by atoms with E-state index in [4.69, 9.17) is 0 Å². The van der Waals surface area contributed by atoms with Gasteiger partial charge in [0, 0.05) is 30.6 Å². The van der Waals surface area contributed by atoms with Crippen LogP contribution < -0.4 is 20.9 Å². The van der Waals surface area contributed by atoms with Crippen molar-refractivity contribution in [2.24, 2.45) is 0 Å². The summed E-state index contributed by atoms with van der Waals surface area (Å²) in [7, 11) is -3.63. The summed E-state index contributed by atoms with van der Waals surface area (Å²) in [5.41, 5.74) is 1.71. The lowest BCUT2D eigenvalue weighted by Crippen LogP contribution is -2.19. The van der Waals surface area contributed by atoms with Crippen molar-refractivity contribution >= 4 is 38.9 Å². The molecule has 3 N–H and O–H groups in total. The van der Waals surface area contributed by atoms with Crippen LogP contribution in [-0.4, -0.2) is 31.1 Å².